The topological polar surface area (TPSA) is 63.1 Å². The van der Waals surface area contributed by atoms with E-state index >= 15 is 0 Å². The molecule has 0 bridgehead atoms. The molecule has 1 aromatic carbocycles. The summed E-state index contributed by atoms with van der Waals surface area (Å²) in [6.45, 7) is 1.11. The van der Waals surface area contributed by atoms with Crippen molar-refractivity contribution in [1.29, 1.82) is 0 Å². The fourth-order valence-corrected chi connectivity index (χ4v) is 2.81. The Morgan fingerprint density at radius 3 is 2.50 bits per heavy atom. The molecular formula is C17H14FN5O. The van der Waals surface area contributed by atoms with Crippen LogP contribution in [0.25, 0.3) is 22.4 Å². The van der Waals surface area contributed by atoms with Crippen LogP contribution in [0.1, 0.15) is 0 Å². The molecule has 0 aliphatic carbocycles. The van der Waals surface area contributed by atoms with Crippen molar-refractivity contribution in [3.05, 3.63) is 54.6 Å². The van der Waals surface area contributed by atoms with E-state index in [9.17, 15) is 9.18 Å². The maximum atomic E-state index is 13.3. The molecule has 0 fully saturated rings. The summed E-state index contributed by atoms with van der Waals surface area (Å²) in [6, 6.07) is 9.99. The number of nitrogens with one attached hydrogen (secondary N) is 1. The highest BCUT2D eigenvalue weighted by Gasteiger charge is 2.25. The number of fused-ring (bicyclic) bond motifs is 1. The lowest BCUT2D eigenvalue weighted by Crippen LogP contribution is -2.37. The van der Waals surface area contributed by atoms with Gasteiger partial charge in [-0.05, 0) is 42.0 Å². The molecule has 4 rings (SSSR count). The molecule has 1 aliphatic rings. The molecule has 2 aromatic heterocycles. The van der Waals surface area contributed by atoms with Crippen molar-refractivity contribution in [2.24, 2.45) is 0 Å². The van der Waals surface area contributed by atoms with Crippen molar-refractivity contribution in [2.45, 2.75) is 6.54 Å². The molecule has 0 radical (unpaired) electrons. The van der Waals surface area contributed by atoms with Crippen LogP contribution >= 0.6 is 0 Å². The number of aromatic nitrogens is 3. The van der Waals surface area contributed by atoms with Crippen LogP contribution in [0.2, 0.25) is 0 Å². The highest BCUT2D eigenvalue weighted by Crippen LogP contribution is 2.38. The van der Waals surface area contributed by atoms with Crippen molar-refractivity contribution in [3.8, 4) is 22.4 Å². The van der Waals surface area contributed by atoms with Gasteiger partial charge < -0.3 is 0 Å². The largest absolute Gasteiger partial charge is 0.279 e. The average molecular weight is 323 g/mol. The molecule has 120 valence electrons. The van der Waals surface area contributed by atoms with E-state index in [2.05, 4.69) is 15.5 Å². The van der Waals surface area contributed by atoms with Gasteiger partial charge in [-0.3, -0.25) is 20.2 Å². The van der Waals surface area contributed by atoms with Gasteiger partial charge in [0.05, 0.1) is 18.7 Å². The second-order valence-corrected chi connectivity index (χ2v) is 5.45. The lowest BCUT2D eigenvalue weighted by atomic mass is 10.0. The van der Waals surface area contributed by atoms with E-state index in [0.29, 0.717) is 13.1 Å². The van der Waals surface area contributed by atoms with Gasteiger partial charge in [0.15, 0.2) is 5.82 Å². The first-order valence-electron chi connectivity index (χ1n) is 7.52. The zero-order valence-electron chi connectivity index (χ0n) is 12.7. The van der Waals surface area contributed by atoms with E-state index in [0.717, 1.165) is 34.6 Å². The van der Waals surface area contributed by atoms with Crippen LogP contribution in [0.3, 0.4) is 0 Å². The summed E-state index contributed by atoms with van der Waals surface area (Å²) in [4.78, 5) is 15.2. The van der Waals surface area contributed by atoms with Crippen LogP contribution < -0.4 is 5.43 Å². The molecule has 1 amide bonds. The smallest absolute Gasteiger partial charge is 0.228 e. The monoisotopic (exact) mass is 323 g/mol. The molecule has 3 aromatic rings. The Balaban J connectivity index is 1.92. The van der Waals surface area contributed by atoms with E-state index in [1.165, 1.54) is 17.1 Å². The Bertz CT molecular complexity index is 876. The highest BCUT2D eigenvalue weighted by molar-refractivity contribution is 5.89. The number of carbonyl (C=O) groups is 1. The average Bonchev–Trinajstić information content (AvgIpc) is 3.01. The maximum Gasteiger partial charge on any atom is 0.228 e. The number of pyridine rings is 1. The number of rotatable bonds is 3. The van der Waals surface area contributed by atoms with Crippen LogP contribution in [0, 0.1) is 5.82 Å². The lowest BCUT2D eigenvalue weighted by molar-refractivity contribution is -0.117. The second-order valence-electron chi connectivity index (χ2n) is 5.45. The third-order valence-corrected chi connectivity index (χ3v) is 3.97. The summed E-state index contributed by atoms with van der Waals surface area (Å²) in [5.41, 5.74) is 6.41. The van der Waals surface area contributed by atoms with E-state index in [1.54, 1.807) is 24.5 Å². The zero-order chi connectivity index (χ0) is 16.5. The summed E-state index contributed by atoms with van der Waals surface area (Å²) < 4.78 is 15.1. The van der Waals surface area contributed by atoms with Gasteiger partial charge >= 0.3 is 0 Å². The molecule has 1 aliphatic heterocycles. The van der Waals surface area contributed by atoms with E-state index < -0.39 is 0 Å². The molecule has 0 saturated heterocycles. The Hall–Kier alpha value is -3.22. The summed E-state index contributed by atoms with van der Waals surface area (Å²) in [6.07, 6.45) is 4.16. The van der Waals surface area contributed by atoms with Crippen LogP contribution in [-0.4, -0.2) is 32.7 Å². The van der Waals surface area contributed by atoms with Gasteiger partial charge in [-0.25, -0.2) is 9.07 Å². The van der Waals surface area contributed by atoms with Crippen LogP contribution in [0.15, 0.2) is 48.8 Å². The molecule has 1 N–H and O–H groups in total. The second kappa shape index (κ2) is 5.77. The molecule has 0 spiro atoms. The fraction of sp³-hybridized carbons (Fsp3) is 0.118. The first-order valence-corrected chi connectivity index (χ1v) is 7.52. The third-order valence-electron chi connectivity index (χ3n) is 3.97. The molecule has 0 saturated carbocycles. The number of hydrogen-bond acceptors (Lipinski definition) is 4. The van der Waals surface area contributed by atoms with Gasteiger partial charge in [0, 0.05) is 18.0 Å². The fourth-order valence-electron chi connectivity index (χ4n) is 2.81. The van der Waals surface area contributed by atoms with Gasteiger partial charge in [-0.15, -0.1) is 0 Å². The van der Waals surface area contributed by atoms with Crippen molar-refractivity contribution < 1.29 is 9.18 Å². The molecule has 3 heterocycles. The summed E-state index contributed by atoms with van der Waals surface area (Å²) >= 11 is 0. The quantitative estimate of drug-likeness (QED) is 0.753. The van der Waals surface area contributed by atoms with Gasteiger partial charge in [-0.2, -0.15) is 5.10 Å². The van der Waals surface area contributed by atoms with E-state index in [4.69, 9.17) is 0 Å². The summed E-state index contributed by atoms with van der Waals surface area (Å²) in [5.74, 6) is 0.442. The zero-order valence-corrected chi connectivity index (χ0v) is 12.7. The number of halogens is 1. The number of carbonyl (C=O) groups excluding carboxylic acids is 1. The van der Waals surface area contributed by atoms with E-state index in [1.807, 2.05) is 16.8 Å². The van der Waals surface area contributed by atoms with Gasteiger partial charge in [-0.1, -0.05) is 0 Å². The normalized spacial score (nSPS) is 13.3. The SMILES string of the molecule is O=CN1CCn2nc(-c3ccc(F)cc3)c(-c3ccncc3)c2N1. The van der Waals surface area contributed by atoms with Gasteiger partial charge in [0.1, 0.15) is 11.5 Å². The molecule has 6 nitrogen and oxygen atoms in total. The first kappa shape index (κ1) is 14.4. The minimum atomic E-state index is -0.293. The van der Waals surface area contributed by atoms with Crippen LogP contribution in [0.5, 0.6) is 0 Å². The predicted octanol–water partition coefficient (Wildman–Crippen LogP) is 2.55. The van der Waals surface area contributed by atoms with Gasteiger partial charge in [0.25, 0.3) is 0 Å². The molecule has 24 heavy (non-hydrogen) atoms. The standard InChI is InChI=1S/C17H14FN5O/c18-14-3-1-13(2-4-14)16-15(12-5-7-19-8-6-12)17-21-22(11-24)9-10-23(17)20-16/h1-8,11,21H,9-10H2. The number of nitrogens with zero attached hydrogens (tertiary/aromatic N) is 4. The van der Waals surface area contributed by atoms with Crippen molar-refractivity contribution >= 4 is 12.2 Å². The van der Waals surface area contributed by atoms with Gasteiger partial charge in [0.2, 0.25) is 6.41 Å². The Morgan fingerprint density at radius 2 is 1.79 bits per heavy atom. The van der Waals surface area contributed by atoms with Crippen molar-refractivity contribution in [1.82, 2.24) is 19.8 Å². The van der Waals surface area contributed by atoms with Crippen molar-refractivity contribution in [3.63, 3.8) is 0 Å². The predicted molar refractivity (Wildman–Crippen MR) is 87.2 cm³/mol. The van der Waals surface area contributed by atoms with Crippen LogP contribution in [-0.2, 0) is 11.3 Å². The molecule has 0 unspecified atom stereocenters. The number of benzene rings is 1. The van der Waals surface area contributed by atoms with Crippen LogP contribution in [0.4, 0.5) is 10.2 Å². The number of amides is 1. The Morgan fingerprint density at radius 1 is 1.04 bits per heavy atom. The van der Waals surface area contributed by atoms with E-state index in [-0.39, 0.29) is 5.82 Å². The molecular weight excluding hydrogens is 309 g/mol. The molecule has 7 heteroatoms. The number of hydrogen-bond donors (Lipinski definition) is 1. The number of anilines is 1. The minimum Gasteiger partial charge on any atom is -0.279 e. The first-order chi connectivity index (χ1) is 11.8. The lowest BCUT2D eigenvalue weighted by Gasteiger charge is -2.26. The summed E-state index contributed by atoms with van der Waals surface area (Å²) in [5, 5.41) is 6.15. The van der Waals surface area contributed by atoms with Crippen molar-refractivity contribution in [2.75, 3.05) is 12.0 Å². The number of hydrazine groups is 1. The Labute approximate surface area is 137 Å². The Kier molecular flexibility index (Phi) is 3.45. The minimum absolute atomic E-state index is 0.293. The summed E-state index contributed by atoms with van der Waals surface area (Å²) in [7, 11) is 0. The third kappa shape index (κ3) is 2.40. The molecule has 0 atom stereocenters. The highest BCUT2D eigenvalue weighted by atomic mass is 19.1. The maximum absolute atomic E-state index is 13.3.